The van der Waals surface area contributed by atoms with Crippen LogP contribution in [-0.2, 0) is 9.31 Å². The first kappa shape index (κ1) is 17.8. The number of carboxylic acid groups (broad SMARTS) is 1. The molecule has 1 aliphatic rings. The summed E-state index contributed by atoms with van der Waals surface area (Å²) in [5, 5.41) is 9.31. The predicted molar refractivity (Wildman–Crippen MR) is 89.5 cm³/mol. The van der Waals surface area contributed by atoms with Crippen molar-refractivity contribution >= 4 is 18.6 Å². The number of benzene rings is 1. The molecule has 23 heavy (non-hydrogen) atoms. The molecule has 0 unspecified atom stereocenters. The van der Waals surface area contributed by atoms with Gasteiger partial charge in [0.05, 0.1) is 17.8 Å². The van der Waals surface area contributed by atoms with E-state index >= 15 is 0 Å². The Hall–Kier alpha value is -1.53. The minimum absolute atomic E-state index is 0.144. The van der Waals surface area contributed by atoms with Crippen molar-refractivity contribution in [1.82, 2.24) is 0 Å². The van der Waals surface area contributed by atoms with E-state index in [9.17, 15) is 9.90 Å². The van der Waals surface area contributed by atoms with Crippen molar-refractivity contribution in [3.8, 4) is 5.75 Å². The summed E-state index contributed by atoms with van der Waals surface area (Å²) in [6.45, 7) is 12.4. The van der Waals surface area contributed by atoms with Gasteiger partial charge in [-0.05, 0) is 51.2 Å². The lowest BCUT2D eigenvalue weighted by Crippen LogP contribution is -2.41. The SMILES string of the molecule is CC(C)COc1cc(B2OC(C)(C)C(C)(C)O2)ccc1C(=O)O. The van der Waals surface area contributed by atoms with Crippen LogP contribution in [0.4, 0.5) is 0 Å². The second kappa shape index (κ2) is 6.17. The molecule has 1 aromatic carbocycles. The number of hydrogen-bond acceptors (Lipinski definition) is 4. The van der Waals surface area contributed by atoms with Crippen molar-refractivity contribution in [2.75, 3.05) is 6.61 Å². The number of rotatable bonds is 5. The molecule has 0 atom stereocenters. The Morgan fingerprint density at radius 1 is 1.22 bits per heavy atom. The van der Waals surface area contributed by atoms with Gasteiger partial charge in [-0.25, -0.2) is 4.79 Å². The van der Waals surface area contributed by atoms with Gasteiger partial charge in [0.15, 0.2) is 0 Å². The Morgan fingerprint density at radius 2 is 1.78 bits per heavy atom. The lowest BCUT2D eigenvalue weighted by atomic mass is 9.78. The summed E-state index contributed by atoms with van der Waals surface area (Å²) in [4.78, 5) is 11.4. The number of hydrogen-bond donors (Lipinski definition) is 1. The van der Waals surface area contributed by atoms with Crippen LogP contribution in [-0.4, -0.2) is 36.0 Å². The van der Waals surface area contributed by atoms with Gasteiger partial charge in [0, 0.05) is 0 Å². The maximum Gasteiger partial charge on any atom is 0.494 e. The van der Waals surface area contributed by atoms with Gasteiger partial charge < -0.3 is 19.2 Å². The van der Waals surface area contributed by atoms with Crippen LogP contribution in [0, 0.1) is 5.92 Å². The monoisotopic (exact) mass is 320 g/mol. The fraction of sp³-hybridized carbons (Fsp3) is 0.588. The van der Waals surface area contributed by atoms with Crippen LogP contribution in [0.1, 0.15) is 51.9 Å². The fourth-order valence-corrected chi connectivity index (χ4v) is 2.22. The molecule has 5 nitrogen and oxygen atoms in total. The maximum absolute atomic E-state index is 11.4. The average molecular weight is 320 g/mol. The van der Waals surface area contributed by atoms with Gasteiger partial charge in [-0.15, -0.1) is 0 Å². The Bertz CT molecular complexity index is 579. The van der Waals surface area contributed by atoms with Crippen LogP contribution < -0.4 is 10.2 Å². The minimum atomic E-state index is -1.01. The Labute approximate surface area is 138 Å². The zero-order valence-corrected chi connectivity index (χ0v) is 14.7. The summed E-state index contributed by atoms with van der Waals surface area (Å²) in [5.74, 6) is -0.361. The van der Waals surface area contributed by atoms with E-state index in [-0.39, 0.29) is 5.56 Å². The molecule has 1 saturated heterocycles. The van der Waals surface area contributed by atoms with E-state index in [1.807, 2.05) is 41.5 Å². The van der Waals surface area contributed by atoms with Gasteiger partial charge in [0.25, 0.3) is 0 Å². The highest BCUT2D eigenvalue weighted by Gasteiger charge is 2.51. The Morgan fingerprint density at radius 3 is 2.26 bits per heavy atom. The van der Waals surface area contributed by atoms with E-state index in [0.717, 1.165) is 5.46 Å². The van der Waals surface area contributed by atoms with E-state index in [4.69, 9.17) is 14.0 Å². The van der Waals surface area contributed by atoms with Crippen LogP contribution in [0.2, 0.25) is 0 Å². The van der Waals surface area contributed by atoms with Gasteiger partial charge in [-0.3, -0.25) is 0 Å². The van der Waals surface area contributed by atoms with E-state index < -0.39 is 24.3 Å². The summed E-state index contributed by atoms with van der Waals surface area (Å²) in [7, 11) is -0.538. The molecule has 0 bridgehead atoms. The standard InChI is InChI=1S/C17H25BO5/c1-11(2)10-21-14-9-12(7-8-13(14)15(19)20)18-22-16(3,4)17(5,6)23-18/h7-9,11H,10H2,1-6H3,(H,19,20). The average Bonchev–Trinajstić information content (AvgIpc) is 2.64. The Kier molecular flexibility index (Phi) is 4.78. The molecule has 1 aliphatic heterocycles. The number of ether oxygens (including phenoxy) is 1. The molecule has 0 aromatic heterocycles. The van der Waals surface area contributed by atoms with Crippen molar-refractivity contribution in [2.45, 2.75) is 52.7 Å². The third kappa shape index (κ3) is 3.70. The number of carbonyl (C=O) groups is 1. The second-order valence-electron chi connectivity index (χ2n) is 7.35. The molecule has 1 heterocycles. The molecule has 1 fully saturated rings. The number of carboxylic acids is 1. The molecular formula is C17H25BO5. The van der Waals surface area contributed by atoms with Crippen LogP contribution in [0.5, 0.6) is 5.75 Å². The molecule has 0 spiro atoms. The smallest absolute Gasteiger partial charge is 0.492 e. The van der Waals surface area contributed by atoms with Crippen LogP contribution >= 0.6 is 0 Å². The summed E-state index contributed by atoms with van der Waals surface area (Å²) in [5.41, 5.74) is 0.0165. The topological polar surface area (TPSA) is 65.0 Å². The first-order valence-electron chi connectivity index (χ1n) is 7.89. The maximum atomic E-state index is 11.4. The third-order valence-electron chi connectivity index (χ3n) is 4.33. The predicted octanol–water partition coefficient (Wildman–Crippen LogP) is 2.72. The van der Waals surface area contributed by atoms with Crippen LogP contribution in [0.3, 0.4) is 0 Å². The van der Waals surface area contributed by atoms with Crippen molar-refractivity contribution < 1.29 is 23.9 Å². The molecule has 0 aliphatic carbocycles. The lowest BCUT2D eigenvalue weighted by molar-refractivity contribution is 0.00578. The highest BCUT2D eigenvalue weighted by Crippen LogP contribution is 2.36. The van der Waals surface area contributed by atoms with Gasteiger partial charge in [-0.2, -0.15) is 0 Å². The van der Waals surface area contributed by atoms with E-state index in [0.29, 0.717) is 18.3 Å². The first-order chi connectivity index (χ1) is 10.5. The third-order valence-corrected chi connectivity index (χ3v) is 4.33. The molecule has 126 valence electrons. The van der Waals surface area contributed by atoms with E-state index in [2.05, 4.69) is 0 Å². The first-order valence-corrected chi connectivity index (χ1v) is 7.89. The zero-order chi connectivity index (χ0) is 17.4. The molecule has 1 N–H and O–H groups in total. The Balaban J connectivity index is 2.31. The van der Waals surface area contributed by atoms with Gasteiger partial charge >= 0.3 is 13.1 Å². The zero-order valence-electron chi connectivity index (χ0n) is 14.7. The normalized spacial score (nSPS) is 19.2. The highest BCUT2D eigenvalue weighted by molar-refractivity contribution is 6.62. The summed E-state index contributed by atoms with van der Waals surface area (Å²) in [6.07, 6.45) is 0. The van der Waals surface area contributed by atoms with E-state index in [1.165, 1.54) is 0 Å². The van der Waals surface area contributed by atoms with Crippen molar-refractivity contribution in [2.24, 2.45) is 5.92 Å². The molecule has 0 radical (unpaired) electrons. The van der Waals surface area contributed by atoms with Crippen molar-refractivity contribution in [1.29, 1.82) is 0 Å². The molecule has 6 heteroatoms. The fourth-order valence-electron chi connectivity index (χ4n) is 2.22. The van der Waals surface area contributed by atoms with Gasteiger partial charge in [0.2, 0.25) is 0 Å². The molecule has 0 amide bonds. The minimum Gasteiger partial charge on any atom is -0.492 e. The number of aromatic carboxylic acids is 1. The molecule has 2 rings (SSSR count). The molecule has 1 aromatic rings. The van der Waals surface area contributed by atoms with Gasteiger partial charge in [0.1, 0.15) is 11.3 Å². The van der Waals surface area contributed by atoms with Crippen LogP contribution in [0.15, 0.2) is 18.2 Å². The van der Waals surface area contributed by atoms with Gasteiger partial charge in [-0.1, -0.05) is 19.9 Å². The summed E-state index contributed by atoms with van der Waals surface area (Å²) < 4.78 is 17.7. The van der Waals surface area contributed by atoms with Crippen molar-refractivity contribution in [3.63, 3.8) is 0 Å². The summed E-state index contributed by atoms with van der Waals surface area (Å²) >= 11 is 0. The largest absolute Gasteiger partial charge is 0.494 e. The molecular weight excluding hydrogens is 295 g/mol. The van der Waals surface area contributed by atoms with Crippen LogP contribution in [0.25, 0.3) is 0 Å². The highest BCUT2D eigenvalue weighted by atomic mass is 16.7. The molecule has 0 saturated carbocycles. The van der Waals surface area contributed by atoms with Crippen molar-refractivity contribution in [3.05, 3.63) is 23.8 Å². The second-order valence-corrected chi connectivity index (χ2v) is 7.35. The quantitative estimate of drug-likeness (QED) is 0.845. The van der Waals surface area contributed by atoms with E-state index in [1.54, 1.807) is 18.2 Å². The summed E-state index contributed by atoms with van der Waals surface area (Å²) in [6, 6.07) is 4.96. The lowest BCUT2D eigenvalue weighted by Gasteiger charge is -2.32.